The van der Waals surface area contributed by atoms with Crippen LogP contribution in [0, 0.1) is 6.92 Å². The van der Waals surface area contributed by atoms with Gasteiger partial charge in [-0.1, -0.05) is 12.1 Å². The zero-order chi connectivity index (χ0) is 17.6. The minimum Gasteiger partial charge on any atom is -0.497 e. The van der Waals surface area contributed by atoms with Crippen LogP contribution in [0.5, 0.6) is 5.75 Å². The van der Waals surface area contributed by atoms with E-state index in [1.807, 2.05) is 43.3 Å². The van der Waals surface area contributed by atoms with Crippen molar-refractivity contribution in [1.82, 2.24) is 9.97 Å². The first-order valence-corrected chi connectivity index (χ1v) is 8.79. The topological polar surface area (TPSA) is 64.1 Å². The van der Waals surface area contributed by atoms with Gasteiger partial charge >= 0.3 is 0 Å². The minimum absolute atomic E-state index is 0.146. The molecule has 5 nitrogen and oxygen atoms in total. The third-order valence-electron chi connectivity index (χ3n) is 3.70. The van der Waals surface area contributed by atoms with Gasteiger partial charge < -0.3 is 10.1 Å². The van der Waals surface area contributed by atoms with E-state index in [9.17, 15) is 4.79 Å². The molecule has 0 saturated heterocycles. The third-order valence-corrected chi connectivity index (χ3v) is 4.91. The number of methoxy groups -OCH3 is 1. The molecule has 1 N–H and O–H groups in total. The van der Waals surface area contributed by atoms with Crippen molar-refractivity contribution in [2.75, 3.05) is 12.4 Å². The second-order valence-electron chi connectivity index (χ2n) is 5.53. The third kappa shape index (κ3) is 4.42. The molecule has 0 spiro atoms. The number of aromatic nitrogens is 2. The summed E-state index contributed by atoms with van der Waals surface area (Å²) in [6.45, 7) is 1.86. The van der Waals surface area contributed by atoms with Crippen molar-refractivity contribution in [2.45, 2.75) is 19.8 Å². The van der Waals surface area contributed by atoms with Gasteiger partial charge in [0.1, 0.15) is 10.6 Å². The van der Waals surface area contributed by atoms with Crippen molar-refractivity contribution in [1.29, 1.82) is 0 Å². The first-order valence-electron chi connectivity index (χ1n) is 7.97. The Morgan fingerprint density at radius 2 is 2.08 bits per heavy atom. The maximum absolute atomic E-state index is 12.5. The molecule has 0 saturated carbocycles. The fourth-order valence-electron chi connectivity index (χ4n) is 2.44. The van der Waals surface area contributed by atoms with E-state index in [1.165, 1.54) is 11.3 Å². The molecule has 3 rings (SSSR count). The van der Waals surface area contributed by atoms with Crippen molar-refractivity contribution < 1.29 is 9.53 Å². The second kappa shape index (κ2) is 7.90. The lowest BCUT2D eigenvalue weighted by atomic mass is 10.2. The number of rotatable bonds is 6. The molecule has 128 valence electrons. The molecule has 6 heteroatoms. The number of carbonyl (C=O) groups excluding carboxylic acids is 1. The summed E-state index contributed by atoms with van der Waals surface area (Å²) in [6.07, 6.45) is 3.37. The summed E-state index contributed by atoms with van der Waals surface area (Å²) >= 11 is 1.43. The quantitative estimate of drug-likeness (QED) is 0.730. The molecule has 25 heavy (non-hydrogen) atoms. The normalized spacial score (nSPS) is 10.5. The number of thiazole rings is 1. The van der Waals surface area contributed by atoms with Gasteiger partial charge in [-0.15, -0.1) is 11.3 Å². The van der Waals surface area contributed by atoms with Crippen molar-refractivity contribution >= 4 is 22.9 Å². The lowest BCUT2D eigenvalue weighted by molar-refractivity contribution is 0.103. The molecular formula is C19H19N3O2S. The smallest absolute Gasteiger partial charge is 0.267 e. The van der Waals surface area contributed by atoms with Gasteiger partial charge in [0.05, 0.1) is 17.8 Å². The summed E-state index contributed by atoms with van der Waals surface area (Å²) in [4.78, 5) is 22.0. The van der Waals surface area contributed by atoms with E-state index < -0.39 is 0 Å². The highest BCUT2D eigenvalue weighted by Crippen LogP contribution is 2.22. The van der Waals surface area contributed by atoms with Crippen LogP contribution in [0.1, 0.15) is 26.1 Å². The summed E-state index contributed by atoms with van der Waals surface area (Å²) in [5.74, 6) is 0.558. The number of ether oxygens (including phenoxy) is 1. The minimum atomic E-state index is -0.146. The van der Waals surface area contributed by atoms with Crippen LogP contribution < -0.4 is 10.1 Å². The van der Waals surface area contributed by atoms with E-state index >= 15 is 0 Å². The first-order chi connectivity index (χ1) is 12.2. The Morgan fingerprint density at radius 1 is 1.20 bits per heavy atom. The van der Waals surface area contributed by atoms with E-state index in [4.69, 9.17) is 4.74 Å². The number of aryl methyl sites for hydroxylation is 3. The van der Waals surface area contributed by atoms with E-state index in [1.54, 1.807) is 19.4 Å². The largest absolute Gasteiger partial charge is 0.497 e. The molecule has 0 atom stereocenters. The zero-order valence-corrected chi connectivity index (χ0v) is 15.0. The highest BCUT2D eigenvalue weighted by Gasteiger charge is 2.15. The fraction of sp³-hybridized carbons (Fsp3) is 0.211. The zero-order valence-electron chi connectivity index (χ0n) is 14.2. The van der Waals surface area contributed by atoms with Crippen LogP contribution in [-0.4, -0.2) is 23.0 Å². The average molecular weight is 353 g/mol. The van der Waals surface area contributed by atoms with Gasteiger partial charge in [0.25, 0.3) is 5.91 Å². The van der Waals surface area contributed by atoms with Gasteiger partial charge in [0.2, 0.25) is 0 Å². The van der Waals surface area contributed by atoms with Crippen molar-refractivity contribution in [3.8, 4) is 5.75 Å². The number of anilines is 1. The average Bonchev–Trinajstić information content (AvgIpc) is 3.02. The fourth-order valence-corrected chi connectivity index (χ4v) is 3.40. The molecule has 0 fully saturated rings. The summed E-state index contributed by atoms with van der Waals surface area (Å²) in [5, 5.41) is 3.84. The number of hydrogen-bond acceptors (Lipinski definition) is 5. The Hall–Kier alpha value is -2.73. The van der Waals surface area contributed by atoms with Crippen LogP contribution in [0.4, 0.5) is 5.69 Å². The summed E-state index contributed by atoms with van der Waals surface area (Å²) in [5.41, 5.74) is 2.48. The van der Waals surface area contributed by atoms with Gasteiger partial charge in [0.15, 0.2) is 0 Å². The van der Waals surface area contributed by atoms with E-state index in [0.29, 0.717) is 16.3 Å². The van der Waals surface area contributed by atoms with Crippen molar-refractivity contribution in [3.05, 3.63) is 69.9 Å². The van der Waals surface area contributed by atoms with Crippen LogP contribution in [-0.2, 0) is 12.8 Å². The molecule has 3 aromatic rings. The second-order valence-corrected chi connectivity index (χ2v) is 6.61. The predicted octanol–water partition coefficient (Wildman–Crippen LogP) is 3.89. The van der Waals surface area contributed by atoms with Gasteiger partial charge in [-0.05, 0) is 37.6 Å². The van der Waals surface area contributed by atoms with Gasteiger partial charge in [-0.25, -0.2) is 4.98 Å². The van der Waals surface area contributed by atoms with Crippen LogP contribution in [0.2, 0.25) is 0 Å². The van der Waals surface area contributed by atoms with Crippen LogP contribution >= 0.6 is 11.3 Å². The summed E-state index contributed by atoms with van der Waals surface area (Å²) in [6, 6.07) is 13.2. The van der Waals surface area contributed by atoms with Gasteiger partial charge in [-0.3, -0.25) is 9.78 Å². The molecule has 0 aliphatic heterocycles. The molecule has 0 aliphatic rings. The number of nitrogens with one attached hydrogen (secondary N) is 1. The number of benzene rings is 1. The Balaban J connectivity index is 1.67. The van der Waals surface area contributed by atoms with Gasteiger partial charge in [-0.2, -0.15) is 0 Å². The SMILES string of the molecule is COc1cccc(NC(=O)c2sc(CCc3ccccn3)nc2C)c1. The van der Waals surface area contributed by atoms with Gasteiger partial charge in [0, 0.05) is 30.1 Å². The lowest BCUT2D eigenvalue weighted by Crippen LogP contribution is -2.11. The molecule has 0 bridgehead atoms. The molecule has 0 radical (unpaired) electrons. The molecular weight excluding hydrogens is 334 g/mol. The monoisotopic (exact) mass is 353 g/mol. The summed E-state index contributed by atoms with van der Waals surface area (Å²) < 4.78 is 5.18. The molecule has 0 unspecified atom stereocenters. The van der Waals surface area contributed by atoms with E-state index in [-0.39, 0.29) is 5.91 Å². The number of carbonyl (C=O) groups is 1. The Labute approximate surface area is 150 Å². The summed E-state index contributed by atoms with van der Waals surface area (Å²) in [7, 11) is 1.60. The number of nitrogens with zero attached hydrogens (tertiary/aromatic N) is 2. The molecule has 0 aliphatic carbocycles. The van der Waals surface area contributed by atoms with E-state index in [0.717, 1.165) is 29.2 Å². The van der Waals surface area contributed by atoms with Crippen molar-refractivity contribution in [3.63, 3.8) is 0 Å². The van der Waals surface area contributed by atoms with Crippen LogP contribution in [0.3, 0.4) is 0 Å². The Morgan fingerprint density at radius 3 is 2.84 bits per heavy atom. The highest BCUT2D eigenvalue weighted by atomic mass is 32.1. The van der Waals surface area contributed by atoms with Crippen LogP contribution in [0.15, 0.2) is 48.7 Å². The molecule has 2 aromatic heterocycles. The number of hydrogen-bond donors (Lipinski definition) is 1. The first kappa shape index (κ1) is 17.1. The maximum atomic E-state index is 12.5. The van der Waals surface area contributed by atoms with Crippen LogP contribution in [0.25, 0.3) is 0 Å². The van der Waals surface area contributed by atoms with Crippen molar-refractivity contribution in [2.24, 2.45) is 0 Å². The molecule has 2 heterocycles. The highest BCUT2D eigenvalue weighted by molar-refractivity contribution is 7.13. The number of pyridine rings is 1. The Kier molecular flexibility index (Phi) is 5.40. The standard InChI is InChI=1S/C19H19N3O2S/c1-13-18(19(23)22-15-7-5-8-16(12-15)24-2)25-17(21-13)10-9-14-6-3-4-11-20-14/h3-8,11-12H,9-10H2,1-2H3,(H,22,23). The van der Waals surface area contributed by atoms with E-state index in [2.05, 4.69) is 15.3 Å². The lowest BCUT2D eigenvalue weighted by Gasteiger charge is -2.06. The maximum Gasteiger partial charge on any atom is 0.267 e. The molecule has 1 aromatic carbocycles. The number of amides is 1. The predicted molar refractivity (Wildman–Crippen MR) is 99.4 cm³/mol. The Bertz CT molecular complexity index is 862. The molecule has 1 amide bonds.